The molecule has 0 saturated heterocycles. The summed E-state index contributed by atoms with van der Waals surface area (Å²) >= 11 is 2.09. The fourth-order valence-electron chi connectivity index (χ4n) is 2.56. The average Bonchev–Trinajstić information content (AvgIpc) is 2.40. The van der Waals surface area contributed by atoms with Crippen LogP contribution in [-0.4, -0.2) is 24.6 Å². The molecule has 0 aromatic rings. The summed E-state index contributed by atoms with van der Waals surface area (Å²) in [6.45, 7) is 11.6. The van der Waals surface area contributed by atoms with Crippen LogP contribution in [-0.2, 0) is 0 Å². The van der Waals surface area contributed by atoms with Crippen LogP contribution < -0.4 is 5.32 Å². The van der Waals surface area contributed by atoms with E-state index in [-0.39, 0.29) is 0 Å². The monoisotopic (exact) mass is 273 g/mol. The standard InChI is InChI=1S/C16H35NS/c1-5-9-11-16(7-3,15-17-13-6-2)12-10-14-18-8-4/h17H,5-15H2,1-4H3. The van der Waals surface area contributed by atoms with Crippen molar-refractivity contribution in [2.24, 2.45) is 5.41 Å². The minimum Gasteiger partial charge on any atom is -0.316 e. The van der Waals surface area contributed by atoms with Crippen LogP contribution in [0.5, 0.6) is 0 Å². The molecule has 0 heterocycles. The molecule has 0 aromatic heterocycles. The Labute approximate surface area is 120 Å². The Morgan fingerprint density at radius 3 is 2.22 bits per heavy atom. The Balaban J connectivity index is 4.15. The maximum atomic E-state index is 3.67. The van der Waals surface area contributed by atoms with E-state index in [9.17, 15) is 0 Å². The highest BCUT2D eigenvalue weighted by Crippen LogP contribution is 2.34. The molecule has 0 rings (SSSR count). The van der Waals surface area contributed by atoms with Crippen molar-refractivity contribution >= 4 is 11.8 Å². The second-order valence-electron chi connectivity index (χ2n) is 5.43. The van der Waals surface area contributed by atoms with Crippen molar-refractivity contribution in [3.05, 3.63) is 0 Å². The Kier molecular flexibility index (Phi) is 12.6. The lowest BCUT2D eigenvalue weighted by Gasteiger charge is -2.33. The summed E-state index contributed by atoms with van der Waals surface area (Å²) in [7, 11) is 0. The zero-order valence-corrected chi connectivity index (χ0v) is 14.0. The molecule has 1 unspecified atom stereocenters. The number of rotatable bonds is 13. The van der Waals surface area contributed by atoms with Crippen molar-refractivity contribution in [1.29, 1.82) is 0 Å². The first-order chi connectivity index (χ1) is 8.74. The first kappa shape index (κ1) is 18.3. The molecule has 110 valence electrons. The number of nitrogens with one attached hydrogen (secondary N) is 1. The van der Waals surface area contributed by atoms with Crippen LogP contribution >= 0.6 is 11.8 Å². The van der Waals surface area contributed by atoms with Crippen molar-refractivity contribution in [3.8, 4) is 0 Å². The van der Waals surface area contributed by atoms with Gasteiger partial charge in [0.25, 0.3) is 0 Å². The minimum absolute atomic E-state index is 0.569. The van der Waals surface area contributed by atoms with E-state index >= 15 is 0 Å². The van der Waals surface area contributed by atoms with Crippen LogP contribution in [0.4, 0.5) is 0 Å². The van der Waals surface area contributed by atoms with Crippen molar-refractivity contribution in [3.63, 3.8) is 0 Å². The molecular weight excluding hydrogens is 238 g/mol. The van der Waals surface area contributed by atoms with Crippen LogP contribution in [0.2, 0.25) is 0 Å². The Hall–Kier alpha value is 0.310. The normalized spacial score (nSPS) is 14.7. The zero-order valence-electron chi connectivity index (χ0n) is 13.2. The number of hydrogen-bond donors (Lipinski definition) is 1. The molecule has 0 fully saturated rings. The second kappa shape index (κ2) is 12.3. The fraction of sp³-hybridized carbons (Fsp3) is 1.00. The molecule has 2 heteroatoms. The zero-order chi connectivity index (χ0) is 13.7. The fourth-order valence-corrected chi connectivity index (χ4v) is 3.19. The molecule has 0 radical (unpaired) electrons. The molecule has 0 spiro atoms. The van der Waals surface area contributed by atoms with Gasteiger partial charge in [-0.2, -0.15) is 11.8 Å². The van der Waals surface area contributed by atoms with Crippen LogP contribution in [0.25, 0.3) is 0 Å². The predicted molar refractivity (Wildman–Crippen MR) is 87.6 cm³/mol. The van der Waals surface area contributed by atoms with E-state index in [1.165, 1.54) is 69.5 Å². The summed E-state index contributed by atoms with van der Waals surface area (Å²) in [5.74, 6) is 2.61. The molecule has 0 aliphatic heterocycles. The maximum absolute atomic E-state index is 3.67. The third-order valence-corrected chi connectivity index (χ3v) is 4.92. The third-order valence-electron chi connectivity index (χ3n) is 3.94. The number of unbranched alkanes of at least 4 members (excludes halogenated alkanes) is 1. The van der Waals surface area contributed by atoms with Crippen molar-refractivity contribution < 1.29 is 0 Å². The van der Waals surface area contributed by atoms with E-state index in [4.69, 9.17) is 0 Å². The quantitative estimate of drug-likeness (QED) is 0.468. The second-order valence-corrected chi connectivity index (χ2v) is 6.83. The van der Waals surface area contributed by atoms with Gasteiger partial charge in [0.2, 0.25) is 0 Å². The lowest BCUT2D eigenvalue weighted by atomic mass is 9.76. The molecule has 0 bridgehead atoms. The Bertz CT molecular complexity index is 172. The van der Waals surface area contributed by atoms with Gasteiger partial charge in [0.05, 0.1) is 0 Å². The van der Waals surface area contributed by atoms with E-state index in [0.717, 1.165) is 0 Å². The molecule has 1 atom stereocenters. The topological polar surface area (TPSA) is 12.0 Å². The highest BCUT2D eigenvalue weighted by molar-refractivity contribution is 7.99. The van der Waals surface area contributed by atoms with Crippen LogP contribution in [0, 0.1) is 5.41 Å². The van der Waals surface area contributed by atoms with Gasteiger partial charge in [0.15, 0.2) is 0 Å². The molecule has 1 N–H and O–H groups in total. The summed E-state index contributed by atoms with van der Waals surface area (Å²) in [5, 5.41) is 3.67. The molecule has 0 aromatic carbocycles. The summed E-state index contributed by atoms with van der Waals surface area (Å²) in [6, 6.07) is 0. The van der Waals surface area contributed by atoms with Gasteiger partial charge >= 0.3 is 0 Å². The van der Waals surface area contributed by atoms with Gasteiger partial charge in [-0.1, -0.05) is 40.5 Å². The van der Waals surface area contributed by atoms with Gasteiger partial charge in [-0.05, 0) is 55.6 Å². The molecule has 0 saturated carbocycles. The van der Waals surface area contributed by atoms with E-state index < -0.39 is 0 Å². The SMILES string of the molecule is CCCCC(CC)(CCCSCC)CNCCC. The lowest BCUT2D eigenvalue weighted by molar-refractivity contribution is 0.211. The number of thioether (sulfide) groups is 1. The van der Waals surface area contributed by atoms with Gasteiger partial charge in [-0.15, -0.1) is 0 Å². The molecule has 18 heavy (non-hydrogen) atoms. The summed E-state index contributed by atoms with van der Waals surface area (Å²) in [5.41, 5.74) is 0.569. The van der Waals surface area contributed by atoms with E-state index in [1.807, 2.05) is 0 Å². The number of hydrogen-bond acceptors (Lipinski definition) is 2. The first-order valence-electron chi connectivity index (χ1n) is 8.03. The van der Waals surface area contributed by atoms with Gasteiger partial charge < -0.3 is 5.32 Å². The Morgan fingerprint density at radius 2 is 1.67 bits per heavy atom. The van der Waals surface area contributed by atoms with Gasteiger partial charge in [-0.3, -0.25) is 0 Å². The van der Waals surface area contributed by atoms with Crippen molar-refractivity contribution in [2.75, 3.05) is 24.6 Å². The first-order valence-corrected chi connectivity index (χ1v) is 9.18. The highest BCUT2D eigenvalue weighted by Gasteiger charge is 2.26. The van der Waals surface area contributed by atoms with Gasteiger partial charge in [0.1, 0.15) is 0 Å². The molecule has 1 nitrogen and oxygen atoms in total. The smallest absolute Gasteiger partial charge is 0.000771 e. The van der Waals surface area contributed by atoms with E-state index in [0.29, 0.717) is 5.41 Å². The van der Waals surface area contributed by atoms with E-state index in [1.54, 1.807) is 0 Å². The van der Waals surface area contributed by atoms with Gasteiger partial charge in [0, 0.05) is 6.54 Å². The molecule has 0 aliphatic rings. The summed E-state index contributed by atoms with van der Waals surface area (Å²) in [6.07, 6.45) is 9.52. The Morgan fingerprint density at radius 1 is 0.944 bits per heavy atom. The highest BCUT2D eigenvalue weighted by atomic mass is 32.2. The van der Waals surface area contributed by atoms with E-state index in [2.05, 4.69) is 44.8 Å². The third kappa shape index (κ3) is 8.42. The van der Waals surface area contributed by atoms with Crippen LogP contribution in [0.1, 0.15) is 72.6 Å². The van der Waals surface area contributed by atoms with Gasteiger partial charge in [-0.25, -0.2) is 0 Å². The predicted octanol–water partition coefficient (Wildman–Crippen LogP) is 5.11. The lowest BCUT2D eigenvalue weighted by Crippen LogP contribution is -2.34. The molecule has 0 amide bonds. The molecule has 0 aliphatic carbocycles. The van der Waals surface area contributed by atoms with Crippen LogP contribution in [0.15, 0.2) is 0 Å². The maximum Gasteiger partial charge on any atom is 0.000771 e. The largest absolute Gasteiger partial charge is 0.316 e. The molecular formula is C16H35NS. The summed E-state index contributed by atoms with van der Waals surface area (Å²) in [4.78, 5) is 0. The van der Waals surface area contributed by atoms with Crippen molar-refractivity contribution in [2.45, 2.75) is 72.6 Å². The van der Waals surface area contributed by atoms with Crippen LogP contribution in [0.3, 0.4) is 0 Å². The summed E-state index contributed by atoms with van der Waals surface area (Å²) < 4.78 is 0. The minimum atomic E-state index is 0.569. The van der Waals surface area contributed by atoms with Crippen molar-refractivity contribution in [1.82, 2.24) is 5.32 Å². The average molecular weight is 274 g/mol.